The van der Waals surface area contributed by atoms with E-state index in [0.717, 1.165) is 16.6 Å². The Morgan fingerprint density at radius 1 is 1.11 bits per heavy atom. The number of carbonyl (C=O) groups excluding carboxylic acids is 1. The number of hydrogen-bond donors (Lipinski definition) is 0. The van der Waals surface area contributed by atoms with E-state index < -0.39 is 18.1 Å². The minimum absolute atomic E-state index is 0.0289. The second kappa shape index (κ2) is 9.24. The fraction of sp³-hybridized carbons (Fsp3) is 0.407. The molecule has 194 valence electrons. The summed E-state index contributed by atoms with van der Waals surface area (Å²) in [6.45, 7) is 10.2. The first-order chi connectivity index (χ1) is 17.5. The van der Waals surface area contributed by atoms with E-state index in [0.29, 0.717) is 24.5 Å². The highest BCUT2D eigenvalue weighted by Crippen LogP contribution is 2.28. The first kappa shape index (κ1) is 24.9. The molecule has 0 aliphatic carbocycles. The normalized spacial score (nSPS) is 18.6. The number of ether oxygens (including phenoxy) is 1. The predicted octanol–water partition coefficient (Wildman–Crippen LogP) is 5.39. The number of piperazine rings is 1. The summed E-state index contributed by atoms with van der Waals surface area (Å²) in [5.74, 6) is -0.199. The van der Waals surface area contributed by atoms with E-state index in [-0.39, 0.29) is 29.5 Å². The Kier molecular flexibility index (Phi) is 6.21. The SMILES string of the molecule is C[C@H]1CN(c2ccc3nc(-c4cc(F)c5nc(CF)cn5c4)ncc3c2)C[C@H](C)N1C(=O)OC(C)(C)C. The average molecular weight is 509 g/mol. The van der Waals surface area contributed by atoms with Crippen molar-refractivity contribution >= 4 is 28.3 Å². The first-order valence-corrected chi connectivity index (χ1v) is 12.3. The molecule has 4 aromatic rings. The average Bonchev–Trinajstić information content (AvgIpc) is 3.26. The molecule has 0 N–H and O–H groups in total. The summed E-state index contributed by atoms with van der Waals surface area (Å²) in [5.41, 5.74) is 1.89. The summed E-state index contributed by atoms with van der Waals surface area (Å²) < 4.78 is 34.6. The summed E-state index contributed by atoms with van der Waals surface area (Å²) in [6, 6.07) is 7.19. The van der Waals surface area contributed by atoms with Gasteiger partial charge in [0.2, 0.25) is 0 Å². The number of amides is 1. The summed E-state index contributed by atoms with van der Waals surface area (Å²) in [5, 5.41) is 0.847. The van der Waals surface area contributed by atoms with E-state index in [1.54, 1.807) is 12.4 Å². The van der Waals surface area contributed by atoms with Crippen LogP contribution in [0.4, 0.5) is 19.3 Å². The van der Waals surface area contributed by atoms with Gasteiger partial charge >= 0.3 is 6.09 Å². The summed E-state index contributed by atoms with van der Waals surface area (Å²) in [7, 11) is 0. The van der Waals surface area contributed by atoms with E-state index in [4.69, 9.17) is 4.74 Å². The van der Waals surface area contributed by atoms with Crippen molar-refractivity contribution in [2.45, 2.75) is 59.0 Å². The molecule has 10 heteroatoms. The number of aromatic nitrogens is 4. The van der Waals surface area contributed by atoms with Gasteiger partial charge < -0.3 is 14.0 Å². The molecule has 37 heavy (non-hydrogen) atoms. The van der Waals surface area contributed by atoms with Crippen molar-refractivity contribution in [1.82, 2.24) is 24.3 Å². The van der Waals surface area contributed by atoms with Gasteiger partial charge in [-0.15, -0.1) is 0 Å². The van der Waals surface area contributed by atoms with Crippen LogP contribution in [0, 0.1) is 5.82 Å². The molecule has 2 atom stereocenters. The third-order valence-electron chi connectivity index (χ3n) is 6.40. The lowest BCUT2D eigenvalue weighted by Gasteiger charge is -2.45. The zero-order valence-electron chi connectivity index (χ0n) is 21.6. The molecular formula is C27H30F2N6O2. The van der Waals surface area contributed by atoms with Gasteiger partial charge in [-0.25, -0.2) is 28.5 Å². The molecule has 1 aliphatic heterocycles. The number of anilines is 1. The van der Waals surface area contributed by atoms with Crippen molar-refractivity contribution < 1.29 is 18.3 Å². The number of fused-ring (bicyclic) bond motifs is 2. The van der Waals surface area contributed by atoms with Gasteiger partial charge in [0, 0.05) is 48.3 Å². The van der Waals surface area contributed by atoms with Crippen molar-refractivity contribution in [1.29, 1.82) is 0 Å². The van der Waals surface area contributed by atoms with E-state index in [1.807, 2.05) is 57.7 Å². The number of benzene rings is 1. The van der Waals surface area contributed by atoms with Gasteiger partial charge in [0.05, 0.1) is 23.3 Å². The highest BCUT2D eigenvalue weighted by atomic mass is 19.1. The highest BCUT2D eigenvalue weighted by molar-refractivity contribution is 5.83. The van der Waals surface area contributed by atoms with Crippen LogP contribution < -0.4 is 4.90 Å². The molecule has 4 heterocycles. The standard InChI is InChI=1S/C27H30F2N6O2/c1-16-12-33(13-17(2)35(16)26(36)37-27(3,4)5)21-6-7-23-18(8-21)11-30-24(32-23)19-9-22(29)25-31-20(10-28)15-34(25)14-19/h6-9,11,14-17H,10,12-13H2,1-5H3/t16-,17-/m0/s1. The molecule has 0 unspecified atom stereocenters. The molecule has 0 spiro atoms. The molecule has 0 bridgehead atoms. The maximum absolute atomic E-state index is 14.6. The topological polar surface area (TPSA) is 75.9 Å². The van der Waals surface area contributed by atoms with Crippen LogP contribution in [0.1, 0.15) is 40.3 Å². The molecular weight excluding hydrogens is 478 g/mol. The second-order valence-electron chi connectivity index (χ2n) is 10.6. The fourth-order valence-corrected chi connectivity index (χ4v) is 4.86. The van der Waals surface area contributed by atoms with Crippen LogP contribution in [0.3, 0.4) is 0 Å². The summed E-state index contributed by atoms with van der Waals surface area (Å²) in [4.78, 5) is 29.8. The van der Waals surface area contributed by atoms with Crippen molar-refractivity contribution in [3.05, 3.63) is 54.4 Å². The number of carbonyl (C=O) groups is 1. The molecule has 1 amide bonds. The van der Waals surface area contributed by atoms with Crippen LogP contribution in [-0.4, -0.2) is 61.1 Å². The molecule has 1 aromatic carbocycles. The summed E-state index contributed by atoms with van der Waals surface area (Å²) in [6.07, 6.45) is 4.53. The molecule has 0 saturated carbocycles. The molecule has 1 aliphatic rings. The van der Waals surface area contributed by atoms with Gasteiger partial charge in [0.1, 0.15) is 12.3 Å². The first-order valence-electron chi connectivity index (χ1n) is 12.3. The lowest BCUT2D eigenvalue weighted by molar-refractivity contribution is 0.00566. The number of nitrogens with zero attached hydrogens (tertiary/aromatic N) is 6. The minimum Gasteiger partial charge on any atom is -0.444 e. The Balaban J connectivity index is 1.38. The monoisotopic (exact) mass is 508 g/mol. The quantitative estimate of drug-likeness (QED) is 0.370. The van der Waals surface area contributed by atoms with Crippen molar-refractivity contribution in [2.75, 3.05) is 18.0 Å². The Morgan fingerprint density at radius 2 is 1.84 bits per heavy atom. The van der Waals surface area contributed by atoms with Crippen LogP contribution in [0.2, 0.25) is 0 Å². The van der Waals surface area contributed by atoms with Crippen LogP contribution in [-0.2, 0) is 11.4 Å². The fourth-order valence-electron chi connectivity index (χ4n) is 4.86. The lowest BCUT2D eigenvalue weighted by atomic mass is 10.1. The van der Waals surface area contributed by atoms with Gasteiger partial charge in [0.15, 0.2) is 17.3 Å². The van der Waals surface area contributed by atoms with Crippen LogP contribution in [0.5, 0.6) is 0 Å². The predicted molar refractivity (Wildman–Crippen MR) is 138 cm³/mol. The van der Waals surface area contributed by atoms with Gasteiger partial charge in [-0.2, -0.15) is 0 Å². The van der Waals surface area contributed by atoms with Crippen LogP contribution in [0.15, 0.2) is 42.9 Å². The number of alkyl halides is 1. The van der Waals surface area contributed by atoms with Crippen molar-refractivity contribution in [3.8, 4) is 11.4 Å². The Morgan fingerprint density at radius 3 is 2.51 bits per heavy atom. The van der Waals surface area contributed by atoms with Crippen LogP contribution in [0.25, 0.3) is 27.9 Å². The Bertz CT molecular complexity index is 1470. The molecule has 3 aromatic heterocycles. The largest absolute Gasteiger partial charge is 0.444 e. The molecule has 0 radical (unpaired) electrons. The number of pyridine rings is 1. The molecule has 1 fully saturated rings. The second-order valence-corrected chi connectivity index (χ2v) is 10.6. The zero-order valence-corrected chi connectivity index (χ0v) is 21.6. The van der Waals surface area contributed by atoms with Gasteiger partial charge in [-0.3, -0.25) is 4.90 Å². The number of rotatable bonds is 3. The smallest absolute Gasteiger partial charge is 0.410 e. The van der Waals surface area contributed by atoms with E-state index in [1.165, 1.54) is 16.7 Å². The lowest BCUT2D eigenvalue weighted by Crippen LogP contribution is -2.59. The molecule has 8 nitrogen and oxygen atoms in total. The van der Waals surface area contributed by atoms with Gasteiger partial charge in [0.25, 0.3) is 0 Å². The molecule has 1 saturated heterocycles. The van der Waals surface area contributed by atoms with Crippen molar-refractivity contribution in [2.24, 2.45) is 0 Å². The van der Waals surface area contributed by atoms with E-state index >= 15 is 0 Å². The summed E-state index contributed by atoms with van der Waals surface area (Å²) >= 11 is 0. The number of halogens is 2. The Hall–Kier alpha value is -3.82. The third kappa shape index (κ3) is 4.92. The van der Waals surface area contributed by atoms with Crippen LogP contribution >= 0.6 is 0 Å². The molecule has 5 rings (SSSR count). The minimum atomic E-state index is -0.765. The zero-order chi connectivity index (χ0) is 26.5. The van der Waals surface area contributed by atoms with Gasteiger partial charge in [-0.05, 0) is 58.9 Å². The van der Waals surface area contributed by atoms with Gasteiger partial charge in [-0.1, -0.05) is 0 Å². The maximum atomic E-state index is 14.6. The third-order valence-corrected chi connectivity index (χ3v) is 6.40. The van der Waals surface area contributed by atoms with E-state index in [2.05, 4.69) is 19.9 Å². The van der Waals surface area contributed by atoms with E-state index in [9.17, 15) is 13.6 Å². The number of hydrogen-bond acceptors (Lipinski definition) is 6. The maximum Gasteiger partial charge on any atom is 0.410 e. The van der Waals surface area contributed by atoms with Crippen molar-refractivity contribution in [3.63, 3.8) is 0 Å². The Labute approximate surface area is 213 Å². The number of imidazole rings is 1. The highest BCUT2D eigenvalue weighted by Gasteiger charge is 2.35.